The van der Waals surface area contributed by atoms with E-state index in [-0.39, 0.29) is 24.1 Å². The minimum Gasteiger partial charge on any atom is -0.453 e. The number of rotatable bonds is 7. The van der Waals surface area contributed by atoms with E-state index in [1.54, 1.807) is 0 Å². The number of Topliss-reactive ketones (excluding diaryl/α,β-unsaturated/α-hetero) is 1. The van der Waals surface area contributed by atoms with Crippen LogP contribution < -0.4 is 0 Å². The van der Waals surface area contributed by atoms with E-state index in [9.17, 15) is 9.59 Å². The summed E-state index contributed by atoms with van der Waals surface area (Å²) in [6.45, 7) is 2.03. The van der Waals surface area contributed by atoms with Crippen molar-refractivity contribution in [3.8, 4) is 0 Å². The molecule has 4 aromatic rings. The summed E-state index contributed by atoms with van der Waals surface area (Å²) in [6.07, 6.45) is -0.362. The Morgan fingerprint density at radius 1 is 0.743 bits per heavy atom. The molecule has 35 heavy (non-hydrogen) atoms. The van der Waals surface area contributed by atoms with Crippen molar-refractivity contribution < 1.29 is 14.3 Å². The van der Waals surface area contributed by atoms with Crippen LogP contribution in [0.25, 0.3) is 11.1 Å². The molecule has 0 fully saturated rings. The summed E-state index contributed by atoms with van der Waals surface area (Å²) < 4.78 is 6.11. The minimum absolute atomic E-state index is 0.0211. The highest BCUT2D eigenvalue weighted by atomic mass is 16.5. The van der Waals surface area contributed by atoms with Gasteiger partial charge < -0.3 is 4.74 Å². The Kier molecular flexibility index (Phi) is 6.40. The van der Waals surface area contributed by atoms with Gasteiger partial charge in [-0.1, -0.05) is 121 Å². The van der Waals surface area contributed by atoms with Crippen LogP contribution >= 0.6 is 0 Å². The minimum atomic E-state index is -0.588. The van der Waals surface area contributed by atoms with Gasteiger partial charge in [0.1, 0.15) is 6.10 Å². The lowest BCUT2D eigenvalue weighted by Crippen LogP contribution is -2.24. The van der Waals surface area contributed by atoms with E-state index in [4.69, 9.17) is 4.74 Å². The predicted molar refractivity (Wildman–Crippen MR) is 139 cm³/mol. The molecule has 5 rings (SSSR count). The van der Waals surface area contributed by atoms with E-state index >= 15 is 0 Å². The number of cyclic esters (lactones) is 1. The smallest absolute Gasteiger partial charge is 0.339 e. The second-order valence-electron chi connectivity index (χ2n) is 8.86. The predicted octanol–water partition coefficient (Wildman–Crippen LogP) is 6.89. The van der Waals surface area contributed by atoms with Gasteiger partial charge in [0.05, 0.1) is 5.57 Å². The molecule has 0 unspecified atom stereocenters. The van der Waals surface area contributed by atoms with Crippen molar-refractivity contribution in [2.24, 2.45) is 0 Å². The molecule has 1 aliphatic heterocycles. The lowest BCUT2D eigenvalue weighted by atomic mass is 9.80. The summed E-state index contributed by atoms with van der Waals surface area (Å²) in [4.78, 5) is 26.7. The molecule has 3 heteroatoms. The van der Waals surface area contributed by atoms with Crippen LogP contribution in [0, 0.1) is 6.92 Å². The first-order valence-corrected chi connectivity index (χ1v) is 11.8. The Bertz CT molecular complexity index is 1360. The standard InChI is InChI=1S/C32H26O3/c1-22-17-19-23(20-18-22)27(21-28(33)24-11-5-2-6-12-24)31-29(25-13-7-3-8-14-25)30(32(34)35-31)26-15-9-4-10-16-26/h2-20,27,31H,21H2,1H3/t27-,31-/m0/s1. The van der Waals surface area contributed by atoms with E-state index < -0.39 is 6.10 Å². The molecular formula is C32H26O3. The second kappa shape index (κ2) is 9.94. The van der Waals surface area contributed by atoms with Gasteiger partial charge in [-0.15, -0.1) is 0 Å². The first-order valence-electron chi connectivity index (χ1n) is 11.8. The summed E-state index contributed by atoms with van der Waals surface area (Å²) >= 11 is 0. The average molecular weight is 459 g/mol. The molecule has 0 amide bonds. The molecule has 0 saturated carbocycles. The number of ether oxygens (including phenoxy) is 1. The number of esters is 1. The number of carbonyl (C=O) groups is 2. The molecule has 0 bridgehead atoms. The Labute approximate surface area is 205 Å². The van der Waals surface area contributed by atoms with Gasteiger partial charge in [-0.05, 0) is 23.6 Å². The van der Waals surface area contributed by atoms with Crippen molar-refractivity contribution in [2.45, 2.75) is 25.4 Å². The first kappa shape index (κ1) is 22.5. The molecule has 0 radical (unpaired) electrons. The average Bonchev–Trinajstić information content (AvgIpc) is 3.26. The molecule has 0 aliphatic carbocycles. The van der Waals surface area contributed by atoms with Crippen LogP contribution in [0.2, 0.25) is 0 Å². The van der Waals surface area contributed by atoms with Crippen molar-refractivity contribution in [2.75, 3.05) is 0 Å². The summed E-state index contributed by atoms with van der Waals surface area (Å²) in [5.74, 6) is -0.666. The van der Waals surface area contributed by atoms with E-state index in [0.717, 1.165) is 27.8 Å². The molecule has 0 N–H and O–H groups in total. The normalized spacial score (nSPS) is 16.1. The zero-order valence-electron chi connectivity index (χ0n) is 19.6. The van der Waals surface area contributed by atoms with Crippen LogP contribution in [-0.2, 0) is 9.53 Å². The lowest BCUT2D eigenvalue weighted by molar-refractivity contribution is -0.138. The van der Waals surface area contributed by atoms with Gasteiger partial charge in [0.2, 0.25) is 0 Å². The van der Waals surface area contributed by atoms with Crippen LogP contribution in [0.5, 0.6) is 0 Å². The Morgan fingerprint density at radius 2 is 1.29 bits per heavy atom. The molecule has 4 aromatic carbocycles. The zero-order valence-corrected chi connectivity index (χ0v) is 19.6. The summed E-state index contributed by atoms with van der Waals surface area (Å²) in [6, 6.07) is 36.9. The Balaban J connectivity index is 1.65. The molecule has 0 saturated heterocycles. The van der Waals surface area contributed by atoms with E-state index in [0.29, 0.717) is 11.1 Å². The molecule has 0 aromatic heterocycles. The van der Waals surface area contributed by atoms with E-state index in [1.165, 1.54) is 0 Å². The summed E-state index contributed by atoms with van der Waals surface area (Å²) in [5, 5.41) is 0. The molecule has 1 heterocycles. The fraction of sp³-hybridized carbons (Fsp3) is 0.125. The molecule has 3 nitrogen and oxygen atoms in total. The number of hydrogen-bond acceptors (Lipinski definition) is 3. The maximum Gasteiger partial charge on any atom is 0.339 e. The van der Waals surface area contributed by atoms with Crippen molar-refractivity contribution in [1.82, 2.24) is 0 Å². The highest BCUT2D eigenvalue weighted by molar-refractivity contribution is 6.28. The van der Waals surface area contributed by atoms with Crippen molar-refractivity contribution in [3.05, 3.63) is 143 Å². The van der Waals surface area contributed by atoms with E-state index in [1.807, 2.05) is 122 Å². The zero-order chi connectivity index (χ0) is 24.2. The van der Waals surface area contributed by atoms with Crippen LogP contribution in [0.4, 0.5) is 0 Å². The van der Waals surface area contributed by atoms with Crippen molar-refractivity contribution in [1.29, 1.82) is 0 Å². The Morgan fingerprint density at radius 3 is 1.89 bits per heavy atom. The van der Waals surface area contributed by atoms with Gasteiger partial charge in [0.15, 0.2) is 5.78 Å². The van der Waals surface area contributed by atoms with Gasteiger partial charge >= 0.3 is 5.97 Å². The summed E-state index contributed by atoms with van der Waals surface area (Å²) in [5.41, 5.74) is 5.89. The fourth-order valence-electron chi connectivity index (χ4n) is 4.73. The van der Waals surface area contributed by atoms with Crippen molar-refractivity contribution >= 4 is 22.9 Å². The third-order valence-corrected chi connectivity index (χ3v) is 6.51. The third-order valence-electron chi connectivity index (χ3n) is 6.51. The van der Waals surface area contributed by atoms with Gasteiger partial charge in [0, 0.05) is 23.5 Å². The number of carbonyl (C=O) groups excluding carboxylic acids is 2. The maximum atomic E-state index is 13.4. The lowest BCUT2D eigenvalue weighted by Gasteiger charge is -2.26. The van der Waals surface area contributed by atoms with E-state index in [2.05, 4.69) is 0 Å². The van der Waals surface area contributed by atoms with Crippen LogP contribution in [-0.4, -0.2) is 17.9 Å². The van der Waals surface area contributed by atoms with Crippen molar-refractivity contribution in [3.63, 3.8) is 0 Å². The summed E-state index contributed by atoms with van der Waals surface area (Å²) in [7, 11) is 0. The maximum absolute atomic E-state index is 13.4. The van der Waals surface area contributed by atoms with Gasteiger partial charge in [0.25, 0.3) is 0 Å². The van der Waals surface area contributed by atoms with Crippen LogP contribution in [0.1, 0.15) is 45.0 Å². The molecular weight excluding hydrogens is 432 g/mol. The third kappa shape index (κ3) is 4.71. The molecule has 1 aliphatic rings. The van der Waals surface area contributed by atoms with Gasteiger partial charge in [-0.3, -0.25) is 4.79 Å². The first-order chi connectivity index (χ1) is 17.1. The molecule has 2 atom stereocenters. The molecule has 172 valence electrons. The Hall–Kier alpha value is -4.24. The number of ketones is 1. The SMILES string of the molecule is Cc1ccc([C@H](CC(=O)c2ccccc2)[C@@H]2OC(=O)C(c3ccccc3)=C2c2ccccc2)cc1. The van der Waals surface area contributed by atoms with Crippen LogP contribution in [0.3, 0.4) is 0 Å². The monoisotopic (exact) mass is 458 g/mol. The molecule has 0 spiro atoms. The second-order valence-corrected chi connectivity index (χ2v) is 8.86. The van der Waals surface area contributed by atoms with Gasteiger partial charge in [-0.25, -0.2) is 4.79 Å². The highest BCUT2D eigenvalue weighted by Crippen LogP contribution is 2.44. The van der Waals surface area contributed by atoms with Crippen LogP contribution in [0.15, 0.2) is 115 Å². The number of benzene rings is 4. The highest BCUT2D eigenvalue weighted by Gasteiger charge is 2.41. The quantitative estimate of drug-likeness (QED) is 0.224. The number of aryl methyl sites for hydroxylation is 1. The van der Waals surface area contributed by atoms with Gasteiger partial charge in [-0.2, -0.15) is 0 Å². The topological polar surface area (TPSA) is 43.4 Å². The fourth-order valence-corrected chi connectivity index (χ4v) is 4.73. The largest absolute Gasteiger partial charge is 0.453 e. The number of hydrogen-bond donors (Lipinski definition) is 0.